The van der Waals surface area contributed by atoms with E-state index in [0.29, 0.717) is 24.4 Å². The number of rotatable bonds is 8. The Morgan fingerprint density at radius 2 is 1.94 bits per heavy atom. The van der Waals surface area contributed by atoms with Crippen LogP contribution in [0.4, 0.5) is 0 Å². The molecular weight excluding hydrogens is 416 g/mol. The zero-order chi connectivity index (χ0) is 22.4. The first-order valence-corrected chi connectivity index (χ1v) is 10.2. The summed E-state index contributed by atoms with van der Waals surface area (Å²) in [7, 11) is 0. The van der Waals surface area contributed by atoms with E-state index in [1.807, 2.05) is 42.5 Å². The number of amidine groups is 1. The maximum absolute atomic E-state index is 11.7. The number of carbonyl (C=O) groups is 1. The van der Waals surface area contributed by atoms with Crippen LogP contribution in [-0.2, 0) is 13.0 Å². The molecular formula is C22H23ClN6O2. The number of carboxylic acid groups (broad SMARTS) is 1. The van der Waals surface area contributed by atoms with Crippen molar-refractivity contribution in [2.45, 2.75) is 32.7 Å². The molecule has 0 aliphatic rings. The zero-order valence-corrected chi connectivity index (χ0v) is 17.8. The summed E-state index contributed by atoms with van der Waals surface area (Å²) in [4.78, 5) is 16.0. The average molecular weight is 439 g/mol. The monoisotopic (exact) mass is 438 g/mol. The van der Waals surface area contributed by atoms with Crippen LogP contribution in [0.5, 0.6) is 0 Å². The number of halogens is 1. The number of imidazole rings is 1. The summed E-state index contributed by atoms with van der Waals surface area (Å²) >= 11 is 6.11. The molecule has 0 aliphatic heterocycles. The standard InChI is InChI=1S/C22H23ClN6O2/c1-2-3-8-18-26-20(23)19(22(30)31)29(18)13-14-9-11-15(12-10-14)16-6-4-5-7-17(16)21(24)27-28-25/h4-7,9-12H,2-3,8,13H2,1H3,(H,30,31)(H3,24,25,27). The van der Waals surface area contributed by atoms with Gasteiger partial charge in [0.15, 0.2) is 16.7 Å². The van der Waals surface area contributed by atoms with Gasteiger partial charge in [-0.2, -0.15) is 0 Å². The summed E-state index contributed by atoms with van der Waals surface area (Å²) in [5, 5.41) is 24.5. The molecule has 9 heteroatoms. The van der Waals surface area contributed by atoms with Crippen LogP contribution in [0.1, 0.15) is 47.2 Å². The molecule has 160 valence electrons. The Kier molecular flexibility index (Phi) is 7.15. The summed E-state index contributed by atoms with van der Waals surface area (Å²) in [6, 6.07) is 15.1. The number of aromatic nitrogens is 2. The largest absolute Gasteiger partial charge is 0.476 e. The minimum absolute atomic E-state index is 0.00258. The molecule has 4 N–H and O–H groups in total. The van der Waals surface area contributed by atoms with Gasteiger partial charge in [-0.3, -0.25) is 5.41 Å². The van der Waals surface area contributed by atoms with Gasteiger partial charge in [0.1, 0.15) is 5.82 Å². The molecule has 1 aromatic heterocycles. The van der Waals surface area contributed by atoms with Crippen LogP contribution in [0.25, 0.3) is 11.1 Å². The molecule has 0 unspecified atom stereocenters. The maximum Gasteiger partial charge on any atom is 0.355 e. The lowest BCUT2D eigenvalue weighted by Gasteiger charge is -2.12. The van der Waals surface area contributed by atoms with E-state index in [9.17, 15) is 9.90 Å². The molecule has 0 amide bonds. The van der Waals surface area contributed by atoms with Crippen LogP contribution in [-0.4, -0.2) is 26.5 Å². The number of benzene rings is 2. The van der Waals surface area contributed by atoms with Crippen molar-refractivity contribution >= 4 is 23.4 Å². The van der Waals surface area contributed by atoms with Gasteiger partial charge < -0.3 is 15.5 Å². The van der Waals surface area contributed by atoms with Crippen molar-refractivity contribution in [2.24, 2.45) is 16.2 Å². The number of unbranched alkanes of at least 4 members (excludes halogenated alkanes) is 1. The van der Waals surface area contributed by atoms with Gasteiger partial charge in [-0.05, 0) is 23.1 Å². The predicted octanol–water partition coefficient (Wildman–Crippen LogP) is 4.94. The zero-order valence-electron chi connectivity index (χ0n) is 17.0. The Morgan fingerprint density at radius 3 is 2.58 bits per heavy atom. The predicted molar refractivity (Wildman–Crippen MR) is 120 cm³/mol. The number of carboxylic acids is 1. The lowest BCUT2D eigenvalue weighted by atomic mass is 9.98. The van der Waals surface area contributed by atoms with Gasteiger partial charge in [-0.25, -0.2) is 9.78 Å². The lowest BCUT2D eigenvalue weighted by Crippen LogP contribution is -2.13. The minimum Gasteiger partial charge on any atom is -0.476 e. The first-order chi connectivity index (χ1) is 15.0. The van der Waals surface area contributed by atoms with Gasteiger partial charge in [-0.15, -0.1) is 5.11 Å². The fourth-order valence-electron chi connectivity index (χ4n) is 3.39. The van der Waals surface area contributed by atoms with Crippen molar-refractivity contribution in [3.8, 4) is 11.1 Å². The topological polar surface area (TPSA) is 130 Å². The molecule has 31 heavy (non-hydrogen) atoms. The van der Waals surface area contributed by atoms with Crippen LogP contribution < -0.4 is 5.84 Å². The van der Waals surface area contributed by atoms with Crippen molar-refractivity contribution in [3.63, 3.8) is 0 Å². The van der Waals surface area contributed by atoms with Gasteiger partial charge in [-0.1, -0.05) is 78.7 Å². The number of aromatic carboxylic acids is 1. The van der Waals surface area contributed by atoms with Gasteiger partial charge in [0.2, 0.25) is 0 Å². The third-order valence-electron chi connectivity index (χ3n) is 4.91. The molecule has 0 saturated heterocycles. The molecule has 3 aromatic rings. The van der Waals surface area contributed by atoms with E-state index in [4.69, 9.17) is 22.9 Å². The van der Waals surface area contributed by atoms with Crippen molar-refractivity contribution in [3.05, 3.63) is 76.3 Å². The van der Waals surface area contributed by atoms with Gasteiger partial charge in [0.25, 0.3) is 0 Å². The second-order valence-electron chi connectivity index (χ2n) is 6.97. The van der Waals surface area contributed by atoms with Gasteiger partial charge in [0.05, 0.1) is 0 Å². The fourth-order valence-corrected chi connectivity index (χ4v) is 3.67. The van der Waals surface area contributed by atoms with E-state index in [-0.39, 0.29) is 16.7 Å². The van der Waals surface area contributed by atoms with Crippen LogP contribution in [0.3, 0.4) is 0 Å². The highest BCUT2D eigenvalue weighted by molar-refractivity contribution is 6.32. The quantitative estimate of drug-likeness (QED) is 0.151. The summed E-state index contributed by atoms with van der Waals surface area (Å²) in [6.07, 6.45) is 2.53. The third kappa shape index (κ3) is 4.97. The number of nitrogens with two attached hydrogens (primary N) is 1. The molecule has 1 heterocycles. The summed E-state index contributed by atoms with van der Waals surface area (Å²) in [5.74, 6) is 4.63. The fraction of sp³-hybridized carbons (Fsp3) is 0.227. The molecule has 0 atom stereocenters. The molecule has 0 spiro atoms. The van der Waals surface area contributed by atoms with E-state index in [0.717, 1.165) is 29.5 Å². The summed E-state index contributed by atoms with van der Waals surface area (Å²) in [5.41, 5.74) is 3.24. The summed E-state index contributed by atoms with van der Waals surface area (Å²) < 4.78 is 1.67. The van der Waals surface area contributed by atoms with Crippen molar-refractivity contribution in [1.29, 1.82) is 5.41 Å². The Morgan fingerprint density at radius 1 is 1.23 bits per heavy atom. The smallest absolute Gasteiger partial charge is 0.355 e. The number of hydrogen-bond donors (Lipinski definition) is 3. The molecule has 8 nitrogen and oxygen atoms in total. The van der Waals surface area contributed by atoms with Crippen molar-refractivity contribution in [1.82, 2.24) is 9.55 Å². The van der Waals surface area contributed by atoms with Crippen LogP contribution in [0.2, 0.25) is 5.15 Å². The second kappa shape index (κ2) is 9.99. The van der Waals surface area contributed by atoms with Gasteiger partial charge in [0, 0.05) is 18.5 Å². The Hall–Kier alpha value is -3.52. The van der Waals surface area contributed by atoms with Crippen molar-refractivity contribution < 1.29 is 9.90 Å². The molecule has 0 aliphatic carbocycles. The Balaban J connectivity index is 1.93. The lowest BCUT2D eigenvalue weighted by molar-refractivity contribution is 0.0685. The highest BCUT2D eigenvalue weighted by Crippen LogP contribution is 2.26. The normalized spacial score (nSPS) is 11.2. The first-order valence-electron chi connectivity index (χ1n) is 9.82. The number of nitrogens with zero attached hydrogens (tertiary/aromatic N) is 4. The number of hydrogen-bond acceptors (Lipinski definition) is 4. The minimum atomic E-state index is -1.10. The van der Waals surface area contributed by atoms with E-state index < -0.39 is 5.97 Å². The Bertz CT molecular complexity index is 1120. The van der Waals surface area contributed by atoms with Crippen LogP contribution >= 0.6 is 11.6 Å². The molecule has 0 radical (unpaired) electrons. The SMILES string of the molecule is CCCCc1nc(Cl)c(C(=O)O)n1Cc1ccc(-c2ccccc2C(=N)N=NN)cc1. The molecule has 3 rings (SSSR count). The van der Waals surface area contributed by atoms with Crippen molar-refractivity contribution in [2.75, 3.05) is 0 Å². The van der Waals surface area contributed by atoms with E-state index in [1.54, 1.807) is 10.6 Å². The molecule has 0 bridgehead atoms. The maximum atomic E-state index is 11.7. The number of aryl methyl sites for hydroxylation is 1. The van der Waals surface area contributed by atoms with E-state index in [2.05, 4.69) is 22.2 Å². The highest BCUT2D eigenvalue weighted by atomic mass is 35.5. The Labute approximate surface area is 184 Å². The molecule has 2 aromatic carbocycles. The molecule has 0 fully saturated rings. The van der Waals surface area contributed by atoms with E-state index >= 15 is 0 Å². The second-order valence-corrected chi connectivity index (χ2v) is 7.33. The third-order valence-corrected chi connectivity index (χ3v) is 5.17. The van der Waals surface area contributed by atoms with Gasteiger partial charge >= 0.3 is 5.97 Å². The van der Waals surface area contributed by atoms with Crippen LogP contribution in [0, 0.1) is 5.41 Å². The number of nitrogens with one attached hydrogen (secondary N) is 1. The van der Waals surface area contributed by atoms with Crippen LogP contribution in [0.15, 0.2) is 58.9 Å². The molecule has 0 saturated carbocycles. The van der Waals surface area contributed by atoms with E-state index in [1.165, 1.54) is 0 Å². The first kappa shape index (κ1) is 22.2. The highest BCUT2D eigenvalue weighted by Gasteiger charge is 2.21. The summed E-state index contributed by atoms with van der Waals surface area (Å²) in [6.45, 7) is 2.41. The average Bonchev–Trinajstić information content (AvgIpc) is 3.07.